The maximum absolute atomic E-state index is 7.06. The van der Waals surface area contributed by atoms with Crippen LogP contribution in [0.25, 0.3) is 0 Å². The van der Waals surface area contributed by atoms with E-state index in [-0.39, 0.29) is 36.6 Å². The summed E-state index contributed by atoms with van der Waals surface area (Å²) < 4.78 is 51.4. The zero-order valence-corrected chi connectivity index (χ0v) is 29.9. The maximum atomic E-state index is 7.06. The first-order valence-electron chi connectivity index (χ1n) is 18.5. The Balaban J connectivity index is 1.07. The van der Waals surface area contributed by atoms with E-state index in [2.05, 4.69) is 30.3 Å². The summed E-state index contributed by atoms with van der Waals surface area (Å²) in [5.74, 6) is 1.70. The van der Waals surface area contributed by atoms with Crippen molar-refractivity contribution in [3.8, 4) is 5.75 Å². The first-order valence-corrected chi connectivity index (χ1v) is 18.5. The van der Waals surface area contributed by atoms with Crippen LogP contribution in [0.15, 0.2) is 127 Å². The molecule has 274 valence electrons. The highest BCUT2D eigenvalue weighted by Gasteiger charge is 2.39. The number of benzene rings is 4. The molecule has 7 rings (SSSR count). The van der Waals surface area contributed by atoms with Crippen LogP contribution in [0.4, 0.5) is 0 Å². The summed E-state index contributed by atoms with van der Waals surface area (Å²) in [7, 11) is 1.68. The first kappa shape index (κ1) is 36.3. The molecule has 3 heterocycles. The predicted octanol–water partition coefficient (Wildman–Crippen LogP) is 8.50. The minimum absolute atomic E-state index is 0.0696. The lowest BCUT2D eigenvalue weighted by molar-refractivity contribution is -0.260. The Bertz CT molecular complexity index is 1650. The molecule has 8 nitrogen and oxygen atoms in total. The van der Waals surface area contributed by atoms with Crippen LogP contribution < -0.4 is 4.74 Å². The van der Waals surface area contributed by atoms with E-state index in [9.17, 15) is 0 Å². The van der Waals surface area contributed by atoms with Gasteiger partial charge in [-0.05, 0) is 60.6 Å². The van der Waals surface area contributed by atoms with Crippen molar-refractivity contribution >= 4 is 0 Å². The molecule has 3 aliphatic heterocycles. The van der Waals surface area contributed by atoms with Crippen molar-refractivity contribution in [2.45, 2.75) is 94.8 Å². The van der Waals surface area contributed by atoms with Crippen molar-refractivity contribution in [2.24, 2.45) is 0 Å². The monoisotopic (exact) mass is 706 g/mol. The third-order valence-electron chi connectivity index (χ3n) is 9.96. The molecular weight excluding hydrogens is 656 g/mol. The van der Waals surface area contributed by atoms with Crippen molar-refractivity contribution in [3.05, 3.63) is 149 Å². The Labute approximate surface area is 307 Å². The fraction of sp³-hybridized carbons (Fsp3) is 0.409. The number of fused-ring (bicyclic) bond motifs is 1. The van der Waals surface area contributed by atoms with Crippen LogP contribution in [-0.2, 0) is 53.0 Å². The molecule has 0 unspecified atom stereocenters. The highest BCUT2D eigenvalue weighted by molar-refractivity contribution is 5.26. The van der Waals surface area contributed by atoms with Crippen LogP contribution in [0.2, 0.25) is 0 Å². The highest BCUT2D eigenvalue weighted by atomic mass is 16.7. The van der Waals surface area contributed by atoms with E-state index < -0.39 is 6.29 Å². The normalized spacial score (nSPS) is 26.2. The summed E-state index contributed by atoms with van der Waals surface area (Å²) in [6, 6.07) is 38.6. The number of allylic oxidation sites excluding steroid dienone is 1. The molecule has 0 bridgehead atoms. The number of methoxy groups -OCH3 is 1. The van der Waals surface area contributed by atoms with Gasteiger partial charge in [-0.15, -0.1) is 0 Å². The molecular formula is C44H50O8. The maximum Gasteiger partial charge on any atom is 0.184 e. The summed E-state index contributed by atoms with van der Waals surface area (Å²) in [5, 5.41) is 0. The van der Waals surface area contributed by atoms with Crippen molar-refractivity contribution in [1.29, 1.82) is 0 Å². The Morgan fingerprint density at radius 3 is 1.90 bits per heavy atom. The van der Waals surface area contributed by atoms with E-state index in [1.165, 1.54) is 0 Å². The fourth-order valence-electron chi connectivity index (χ4n) is 7.08. The van der Waals surface area contributed by atoms with E-state index in [1.54, 1.807) is 7.11 Å². The number of rotatable bonds is 14. The van der Waals surface area contributed by atoms with Crippen molar-refractivity contribution in [1.82, 2.24) is 0 Å². The molecule has 4 aromatic carbocycles. The van der Waals surface area contributed by atoms with Gasteiger partial charge in [-0.25, -0.2) is 0 Å². The summed E-state index contributed by atoms with van der Waals surface area (Å²) in [6.45, 7) is 2.29. The summed E-state index contributed by atoms with van der Waals surface area (Å²) in [4.78, 5) is 0. The van der Waals surface area contributed by atoms with Crippen LogP contribution in [0.1, 0.15) is 60.6 Å². The molecule has 0 saturated carbocycles. The average molecular weight is 707 g/mol. The topological polar surface area (TPSA) is 73.8 Å². The third-order valence-corrected chi connectivity index (χ3v) is 9.96. The van der Waals surface area contributed by atoms with Crippen LogP contribution in [0.3, 0.4) is 0 Å². The minimum Gasteiger partial charge on any atom is -0.497 e. The number of hydrogen-bond donors (Lipinski definition) is 0. The lowest BCUT2D eigenvalue weighted by atomic mass is 10.0. The molecule has 2 fully saturated rings. The zero-order valence-electron chi connectivity index (χ0n) is 29.9. The van der Waals surface area contributed by atoms with Crippen LogP contribution in [-0.4, -0.2) is 56.9 Å². The standard InChI is InChI=1S/C44H50O8/c1-45-36-22-20-34(21-23-36)29-47-38-24-25-39(48-28-33-14-7-3-8-15-33)42(30-46-27-32-12-5-2-6-13-32)51-41(38)26-37-18-11-19-40-43(50-37)31-49-44(52-40)35-16-9-4-10-17-35/h2-10,12-18,20-23,38-44H,11,19,24-31H2,1H3/t38-,39+,40-,41+,42-,43+,44+/m0/s1. The highest BCUT2D eigenvalue weighted by Crippen LogP contribution is 2.35. The van der Waals surface area contributed by atoms with Crippen LogP contribution in [0, 0.1) is 0 Å². The zero-order chi connectivity index (χ0) is 35.4. The first-order chi connectivity index (χ1) is 25.7. The van der Waals surface area contributed by atoms with Gasteiger partial charge in [0, 0.05) is 12.0 Å². The Hall–Kier alpha value is -4.02. The van der Waals surface area contributed by atoms with E-state index >= 15 is 0 Å². The smallest absolute Gasteiger partial charge is 0.184 e. The molecule has 0 spiro atoms. The molecule has 52 heavy (non-hydrogen) atoms. The SMILES string of the molecule is COc1ccc(CO[C@H]2CC[C@@H](OCc3ccccc3)[C@H](COCc3ccccc3)O[C@@H]2CC2=CCC[C@@H]3O[C@H](c4ccccc4)OC[C@H]3O2)cc1. The Morgan fingerprint density at radius 2 is 1.23 bits per heavy atom. The Kier molecular flexibility index (Phi) is 13.0. The van der Waals surface area contributed by atoms with Crippen molar-refractivity contribution in [2.75, 3.05) is 20.3 Å². The van der Waals surface area contributed by atoms with Gasteiger partial charge in [0.05, 0.1) is 64.2 Å². The summed E-state index contributed by atoms with van der Waals surface area (Å²) >= 11 is 0. The molecule has 3 aliphatic rings. The molecule has 4 aromatic rings. The number of ether oxygens (including phenoxy) is 8. The van der Waals surface area contributed by atoms with Gasteiger partial charge in [-0.3, -0.25) is 0 Å². The lowest BCUT2D eigenvalue weighted by Gasteiger charge is -2.36. The third kappa shape index (κ3) is 10.1. The van der Waals surface area contributed by atoms with Gasteiger partial charge in [0.2, 0.25) is 0 Å². The molecule has 7 atom stereocenters. The molecule has 2 saturated heterocycles. The van der Waals surface area contributed by atoms with Gasteiger partial charge in [-0.1, -0.05) is 103 Å². The van der Waals surface area contributed by atoms with Crippen molar-refractivity contribution < 1.29 is 37.9 Å². The minimum atomic E-state index is -0.391. The average Bonchev–Trinajstić information content (AvgIpc) is 3.50. The second-order valence-corrected chi connectivity index (χ2v) is 13.7. The van der Waals surface area contributed by atoms with Crippen LogP contribution >= 0.6 is 0 Å². The van der Waals surface area contributed by atoms with E-state index in [0.29, 0.717) is 39.5 Å². The molecule has 0 radical (unpaired) electrons. The van der Waals surface area contributed by atoms with E-state index in [0.717, 1.165) is 59.4 Å². The summed E-state index contributed by atoms with van der Waals surface area (Å²) in [5.41, 5.74) is 4.33. The lowest BCUT2D eigenvalue weighted by Crippen LogP contribution is -2.42. The van der Waals surface area contributed by atoms with Crippen molar-refractivity contribution in [3.63, 3.8) is 0 Å². The van der Waals surface area contributed by atoms with Crippen LogP contribution in [0.5, 0.6) is 5.75 Å². The van der Waals surface area contributed by atoms with Gasteiger partial charge in [-0.2, -0.15) is 0 Å². The molecule has 0 amide bonds. The van der Waals surface area contributed by atoms with E-state index in [4.69, 9.17) is 37.9 Å². The van der Waals surface area contributed by atoms with Gasteiger partial charge >= 0.3 is 0 Å². The summed E-state index contributed by atoms with van der Waals surface area (Å²) in [6.07, 6.45) is 4.33. The number of hydrogen-bond acceptors (Lipinski definition) is 8. The molecule has 0 N–H and O–H groups in total. The largest absolute Gasteiger partial charge is 0.497 e. The second kappa shape index (κ2) is 18.6. The molecule has 8 heteroatoms. The molecule has 0 aromatic heterocycles. The second-order valence-electron chi connectivity index (χ2n) is 13.7. The van der Waals surface area contributed by atoms with Gasteiger partial charge in [0.25, 0.3) is 0 Å². The molecule has 0 aliphatic carbocycles. The predicted molar refractivity (Wildman–Crippen MR) is 197 cm³/mol. The fourth-order valence-corrected chi connectivity index (χ4v) is 7.08. The quantitative estimate of drug-likeness (QED) is 0.129. The van der Waals surface area contributed by atoms with E-state index in [1.807, 2.05) is 91.0 Å². The van der Waals surface area contributed by atoms with Gasteiger partial charge < -0.3 is 37.9 Å². The van der Waals surface area contributed by atoms with Gasteiger partial charge in [0.1, 0.15) is 24.1 Å². The van der Waals surface area contributed by atoms with Gasteiger partial charge in [0.15, 0.2) is 6.29 Å². The Morgan fingerprint density at radius 1 is 0.615 bits per heavy atom.